The Hall–Kier alpha value is -0.616. The molecule has 0 fully saturated rings. The van der Waals surface area contributed by atoms with Crippen LogP contribution in [0.25, 0.3) is 10.5 Å². The molecule has 204 valence electrons. The molecule has 4 nitrogen and oxygen atoms in total. The molecule has 0 aromatic heterocycles. The molecule has 0 aliphatic carbocycles. The Balaban J connectivity index is 0.00000217. The van der Waals surface area contributed by atoms with E-state index in [0.29, 0.717) is 23.7 Å². The van der Waals surface area contributed by atoms with Crippen molar-refractivity contribution in [3.63, 3.8) is 0 Å². The van der Waals surface area contributed by atoms with E-state index in [2.05, 4.69) is 130 Å². The van der Waals surface area contributed by atoms with Crippen molar-refractivity contribution < 1.29 is 17.0 Å². The van der Waals surface area contributed by atoms with E-state index in [4.69, 9.17) is 29.1 Å². The van der Waals surface area contributed by atoms with Crippen LogP contribution in [0.2, 0.25) is 0 Å². The second-order valence-electron chi connectivity index (χ2n) is 11.3. The van der Waals surface area contributed by atoms with Crippen LogP contribution in [0.3, 0.4) is 0 Å². The summed E-state index contributed by atoms with van der Waals surface area (Å²) >= 11 is -0.556. The van der Waals surface area contributed by atoms with Crippen LogP contribution in [-0.4, -0.2) is 51.6 Å². The molecule has 2 aromatic rings. The van der Waals surface area contributed by atoms with Crippen LogP contribution < -0.4 is 0 Å². The Morgan fingerprint density at radius 1 is 0.568 bits per heavy atom. The van der Waals surface area contributed by atoms with Gasteiger partial charge in [0.25, 0.3) is 0 Å². The number of rotatable bonds is 11. The van der Waals surface area contributed by atoms with Gasteiger partial charge in [-0.25, -0.2) is 0 Å². The summed E-state index contributed by atoms with van der Waals surface area (Å²) in [6, 6.07) is 13.3. The van der Waals surface area contributed by atoms with Gasteiger partial charge in [-0.1, -0.05) is 114 Å². The van der Waals surface area contributed by atoms with Crippen molar-refractivity contribution in [3.8, 4) is 0 Å². The quantitative estimate of drug-likeness (QED) is 0.249. The Morgan fingerprint density at radius 2 is 0.784 bits per heavy atom. The van der Waals surface area contributed by atoms with Crippen LogP contribution in [0, 0.1) is 0 Å². The summed E-state index contributed by atoms with van der Waals surface area (Å²) in [5, 5.41) is 10.9. The first-order valence-corrected chi connectivity index (χ1v) is 17.5. The Morgan fingerprint density at radius 3 is 0.946 bits per heavy atom. The molecule has 0 unspecified atom stereocenters. The van der Waals surface area contributed by atoms with Crippen LogP contribution in [-0.2, 0) is 17.0 Å². The molecule has 2 rings (SSSR count). The Labute approximate surface area is 245 Å². The minimum absolute atomic E-state index is 0.118. The van der Waals surface area contributed by atoms with Crippen molar-refractivity contribution in [2.45, 2.75) is 79.1 Å². The molecule has 0 saturated heterocycles. The standard InChI is InChI=1S/C28H46B2N4.2ClH.Ti/c1-19(2)23-15-13-16-24(20(3)4)27(23)31-29(33(9)10)30(34(11)12)32-28-25(21(5)6)17-14-18-26(28)22(7)8;;;/h13-22H,1-12H3;2*1H;/q-2;;;+2/p-2. The number of benzene rings is 2. The molecule has 37 heavy (non-hydrogen) atoms. The average molecular weight is 579 g/mol. The third-order valence-corrected chi connectivity index (χ3v) is 6.53. The summed E-state index contributed by atoms with van der Waals surface area (Å²) in [5.41, 5.74) is 7.49. The molecule has 0 heterocycles. The molecule has 0 radical (unpaired) electrons. The van der Waals surface area contributed by atoms with E-state index in [1.165, 1.54) is 22.3 Å². The predicted molar refractivity (Wildman–Crippen MR) is 166 cm³/mol. The second-order valence-corrected chi connectivity index (χ2v) is 13.9. The summed E-state index contributed by atoms with van der Waals surface area (Å²) in [6.45, 7) is 17.8. The molecule has 2 aromatic carbocycles. The number of hydrogen-bond acceptors (Lipinski definition) is 2. The molecule has 0 spiro atoms. The molecular formula is C28H46B2Cl2N4Ti-2. The topological polar surface area (TPSA) is 34.7 Å². The van der Waals surface area contributed by atoms with E-state index in [1.54, 1.807) is 0 Å². The van der Waals surface area contributed by atoms with E-state index >= 15 is 0 Å². The van der Waals surface area contributed by atoms with E-state index in [9.17, 15) is 0 Å². The number of nitrogens with zero attached hydrogens (tertiary/aromatic N) is 4. The summed E-state index contributed by atoms with van der Waals surface area (Å²) in [4.78, 5) is 4.42. The molecule has 0 N–H and O–H groups in total. The predicted octanol–water partition coefficient (Wildman–Crippen LogP) is 9.45. The zero-order valence-corrected chi connectivity index (χ0v) is 28.0. The van der Waals surface area contributed by atoms with Crippen molar-refractivity contribution in [1.29, 1.82) is 0 Å². The molecule has 0 bridgehead atoms. The normalized spacial score (nSPS) is 11.4. The van der Waals surface area contributed by atoms with E-state index < -0.39 is 17.0 Å². The minimum atomic E-state index is -0.556. The summed E-state index contributed by atoms with van der Waals surface area (Å²) in [5.74, 6) is 1.63. The molecule has 0 atom stereocenters. The maximum absolute atomic E-state index is 5.46. The third kappa shape index (κ3) is 9.82. The van der Waals surface area contributed by atoms with Gasteiger partial charge in [-0.15, -0.1) is 11.4 Å². The number of halogens is 2. The first kappa shape index (κ1) is 34.4. The van der Waals surface area contributed by atoms with Crippen LogP contribution in [0.5, 0.6) is 0 Å². The zero-order valence-electron chi connectivity index (χ0n) is 25.0. The van der Waals surface area contributed by atoms with Gasteiger partial charge in [0.15, 0.2) is 0 Å². The zero-order chi connectivity index (χ0) is 28.4. The van der Waals surface area contributed by atoms with Gasteiger partial charge in [-0.2, -0.15) is 0 Å². The maximum atomic E-state index is 5.46. The van der Waals surface area contributed by atoms with Gasteiger partial charge in [0.1, 0.15) is 0 Å². The van der Waals surface area contributed by atoms with E-state index in [1.807, 2.05) is 0 Å². The molecule has 9 heteroatoms. The third-order valence-electron chi connectivity index (χ3n) is 6.53. The molecule has 0 aliphatic rings. The van der Waals surface area contributed by atoms with Crippen LogP contribution >= 0.6 is 18.6 Å². The van der Waals surface area contributed by atoms with Gasteiger partial charge >= 0.3 is 35.6 Å². The SMILES string of the molecule is CC(C)c1cccc(C(C)C)c1[N-]B(B([N-]c1c(C(C)C)cccc1C(C)C)N(C)C)N(C)C.[Cl][Ti][Cl]. The fraction of sp³-hybridized carbons (Fsp3) is 0.571. The van der Waals surface area contributed by atoms with Gasteiger partial charge < -0.3 is 20.1 Å². The first-order valence-electron chi connectivity index (χ1n) is 13.2. The van der Waals surface area contributed by atoms with Gasteiger partial charge in [-0.05, 0) is 51.9 Å². The van der Waals surface area contributed by atoms with Gasteiger partial charge in [-0.3, -0.25) is 0 Å². The van der Waals surface area contributed by atoms with E-state index in [0.717, 1.165) is 11.4 Å². The van der Waals surface area contributed by atoms with Crippen LogP contribution in [0.1, 0.15) is 101 Å². The summed E-state index contributed by atoms with van der Waals surface area (Å²) in [7, 11) is 18.2. The fourth-order valence-electron chi connectivity index (χ4n) is 4.48. The fourth-order valence-corrected chi connectivity index (χ4v) is 4.48. The van der Waals surface area contributed by atoms with E-state index in [-0.39, 0.29) is 13.7 Å². The van der Waals surface area contributed by atoms with Crippen molar-refractivity contribution in [3.05, 3.63) is 69.1 Å². The van der Waals surface area contributed by atoms with Gasteiger partial charge in [0.2, 0.25) is 0 Å². The first-order chi connectivity index (χ1) is 17.3. The summed E-state index contributed by atoms with van der Waals surface area (Å²) < 4.78 is 0. The monoisotopic (exact) mass is 578 g/mol. The van der Waals surface area contributed by atoms with Crippen molar-refractivity contribution >= 4 is 43.7 Å². The summed E-state index contributed by atoms with van der Waals surface area (Å²) in [6.07, 6.45) is 0. The van der Waals surface area contributed by atoms with Crippen LogP contribution in [0.15, 0.2) is 36.4 Å². The second kappa shape index (κ2) is 16.5. The van der Waals surface area contributed by atoms with Gasteiger partial charge in [0, 0.05) is 0 Å². The number of hydrogen-bond donors (Lipinski definition) is 0. The molecular weight excluding hydrogens is 533 g/mol. The van der Waals surface area contributed by atoms with Crippen molar-refractivity contribution in [1.82, 2.24) is 9.62 Å². The Kier molecular flexibility index (Phi) is 15.3. The average Bonchev–Trinajstić information content (AvgIpc) is 2.80. The van der Waals surface area contributed by atoms with Gasteiger partial charge in [0.05, 0.1) is 13.7 Å². The van der Waals surface area contributed by atoms with Crippen molar-refractivity contribution in [2.75, 3.05) is 28.2 Å². The van der Waals surface area contributed by atoms with Crippen molar-refractivity contribution in [2.24, 2.45) is 0 Å². The molecule has 0 aliphatic heterocycles. The van der Waals surface area contributed by atoms with Crippen LogP contribution in [0.4, 0.5) is 11.4 Å². The Bertz CT molecular complexity index is 828. The molecule has 0 saturated carbocycles. The molecule has 0 amide bonds.